The highest BCUT2D eigenvalue weighted by Gasteiger charge is 2.20. The van der Waals surface area contributed by atoms with Crippen LogP contribution in [-0.2, 0) is 14.3 Å². The fraction of sp³-hybridized carbons (Fsp3) is 0.765. The van der Waals surface area contributed by atoms with Gasteiger partial charge in [-0.2, -0.15) is 0 Å². The van der Waals surface area contributed by atoms with Crippen LogP contribution >= 0.6 is 0 Å². The molecular formula is C17H31N3O5. The number of guanidine groups is 1. The van der Waals surface area contributed by atoms with E-state index in [0.29, 0.717) is 13.0 Å². The first-order valence-electron chi connectivity index (χ1n) is 8.42. The van der Waals surface area contributed by atoms with Crippen molar-refractivity contribution >= 4 is 24.4 Å². The monoisotopic (exact) mass is 357 g/mol. The van der Waals surface area contributed by atoms with Crippen molar-refractivity contribution in [3.05, 3.63) is 0 Å². The molecule has 0 aliphatic heterocycles. The molecule has 2 N–H and O–H groups in total. The molecule has 0 unspecified atom stereocenters. The van der Waals surface area contributed by atoms with Crippen LogP contribution in [0.1, 0.15) is 67.2 Å². The third-order valence-electron chi connectivity index (χ3n) is 2.51. The molecule has 0 heterocycles. The number of nitrogens with zero attached hydrogens (tertiary/aromatic N) is 1. The van der Waals surface area contributed by atoms with Gasteiger partial charge < -0.3 is 19.6 Å². The highest BCUT2D eigenvalue weighted by Crippen LogP contribution is 2.08. The molecule has 0 rings (SSSR count). The molecule has 8 nitrogen and oxygen atoms in total. The van der Waals surface area contributed by atoms with Crippen molar-refractivity contribution in [3.63, 3.8) is 0 Å². The van der Waals surface area contributed by atoms with Gasteiger partial charge in [-0.05, 0) is 54.4 Å². The first-order valence-corrected chi connectivity index (χ1v) is 8.42. The molecule has 0 radical (unpaired) electrons. The van der Waals surface area contributed by atoms with Crippen LogP contribution in [0.5, 0.6) is 0 Å². The van der Waals surface area contributed by atoms with Crippen molar-refractivity contribution in [2.75, 3.05) is 6.54 Å². The maximum Gasteiger partial charge on any atom is 0.437 e. The number of aldehydes is 1. The molecule has 0 spiro atoms. The third kappa shape index (κ3) is 15.2. The number of unbranched alkanes of at least 4 members (excludes halogenated alkanes) is 3. The van der Waals surface area contributed by atoms with Crippen LogP contribution in [0.4, 0.5) is 9.59 Å². The SMILES string of the molecule is CC(C)(C)OC(=O)N=C(NCCCCCC=O)NC(=O)OC(C)(C)C. The Morgan fingerprint density at radius 2 is 1.56 bits per heavy atom. The topological polar surface area (TPSA) is 106 Å². The second-order valence-electron chi connectivity index (χ2n) is 7.51. The molecule has 0 atom stereocenters. The summed E-state index contributed by atoms with van der Waals surface area (Å²) in [5.41, 5.74) is -1.36. The lowest BCUT2D eigenvalue weighted by molar-refractivity contribution is -0.107. The molecule has 8 heteroatoms. The number of carbonyl (C=O) groups is 3. The van der Waals surface area contributed by atoms with E-state index in [1.807, 2.05) is 0 Å². The summed E-state index contributed by atoms with van der Waals surface area (Å²) < 4.78 is 10.3. The molecule has 0 saturated carbocycles. The zero-order valence-corrected chi connectivity index (χ0v) is 16.1. The lowest BCUT2D eigenvalue weighted by Gasteiger charge is -2.21. The van der Waals surface area contributed by atoms with E-state index < -0.39 is 23.4 Å². The minimum atomic E-state index is -0.813. The van der Waals surface area contributed by atoms with Gasteiger partial charge in [-0.3, -0.25) is 5.32 Å². The molecule has 0 saturated heterocycles. The Morgan fingerprint density at radius 3 is 2.08 bits per heavy atom. The van der Waals surface area contributed by atoms with E-state index in [0.717, 1.165) is 25.5 Å². The van der Waals surface area contributed by atoms with Crippen molar-refractivity contribution in [1.29, 1.82) is 0 Å². The van der Waals surface area contributed by atoms with Crippen LogP contribution in [0.3, 0.4) is 0 Å². The third-order valence-corrected chi connectivity index (χ3v) is 2.51. The number of ether oxygens (including phenoxy) is 2. The molecule has 0 aromatic heterocycles. The van der Waals surface area contributed by atoms with E-state index in [9.17, 15) is 14.4 Å². The predicted molar refractivity (Wildman–Crippen MR) is 95.6 cm³/mol. The van der Waals surface area contributed by atoms with E-state index in [1.54, 1.807) is 41.5 Å². The fourth-order valence-corrected chi connectivity index (χ4v) is 1.62. The second-order valence-corrected chi connectivity index (χ2v) is 7.51. The Morgan fingerprint density at radius 1 is 0.960 bits per heavy atom. The number of hydrogen-bond acceptors (Lipinski definition) is 5. The van der Waals surface area contributed by atoms with Gasteiger partial charge in [-0.25, -0.2) is 9.59 Å². The van der Waals surface area contributed by atoms with Crippen LogP contribution < -0.4 is 10.6 Å². The van der Waals surface area contributed by atoms with E-state index in [2.05, 4.69) is 15.6 Å². The van der Waals surface area contributed by atoms with Gasteiger partial charge >= 0.3 is 12.2 Å². The second kappa shape index (κ2) is 10.7. The molecular weight excluding hydrogens is 326 g/mol. The smallest absolute Gasteiger partial charge is 0.437 e. The van der Waals surface area contributed by atoms with Gasteiger partial charge in [0.1, 0.15) is 17.5 Å². The summed E-state index contributed by atoms with van der Waals surface area (Å²) in [6.07, 6.45) is 2.27. The summed E-state index contributed by atoms with van der Waals surface area (Å²) >= 11 is 0. The zero-order chi connectivity index (χ0) is 19.5. The Hall–Kier alpha value is -2.12. The highest BCUT2D eigenvalue weighted by atomic mass is 16.6. The Bertz CT molecular complexity index is 476. The van der Waals surface area contributed by atoms with Crippen molar-refractivity contribution in [3.8, 4) is 0 Å². The van der Waals surface area contributed by atoms with Crippen LogP contribution in [0.25, 0.3) is 0 Å². The fourth-order valence-electron chi connectivity index (χ4n) is 1.62. The Kier molecular flexibility index (Phi) is 9.78. The van der Waals surface area contributed by atoms with Crippen molar-refractivity contribution in [2.45, 2.75) is 78.4 Å². The summed E-state index contributed by atoms with van der Waals surface area (Å²) in [4.78, 5) is 37.7. The number of alkyl carbamates (subject to hydrolysis) is 1. The van der Waals surface area contributed by atoms with E-state index >= 15 is 0 Å². The summed E-state index contributed by atoms with van der Waals surface area (Å²) in [6.45, 7) is 10.9. The van der Waals surface area contributed by atoms with E-state index in [1.165, 1.54) is 0 Å². The molecule has 0 aliphatic rings. The average Bonchev–Trinajstić information content (AvgIpc) is 2.37. The van der Waals surface area contributed by atoms with Crippen molar-refractivity contribution < 1.29 is 23.9 Å². The van der Waals surface area contributed by atoms with Gasteiger partial charge in [0.2, 0.25) is 5.96 Å². The standard InChI is InChI=1S/C17H31N3O5/c1-16(2,3)24-14(22)19-13(18-11-9-7-8-10-12-21)20-15(23)25-17(4,5)6/h12H,7-11H2,1-6H3,(H2,18,19,20,22,23). The quantitative estimate of drug-likeness (QED) is 0.327. The van der Waals surface area contributed by atoms with E-state index in [4.69, 9.17) is 9.47 Å². The van der Waals surface area contributed by atoms with Crippen molar-refractivity contribution in [1.82, 2.24) is 10.6 Å². The molecule has 2 amide bonds. The maximum atomic E-state index is 11.9. The number of aliphatic imine (C=N–C) groups is 1. The molecule has 25 heavy (non-hydrogen) atoms. The first kappa shape index (κ1) is 22.9. The molecule has 144 valence electrons. The van der Waals surface area contributed by atoms with Crippen LogP contribution in [0, 0.1) is 0 Å². The maximum absolute atomic E-state index is 11.9. The number of nitrogens with one attached hydrogen (secondary N) is 2. The van der Waals surface area contributed by atoms with Gasteiger partial charge in [-0.1, -0.05) is 6.42 Å². The van der Waals surface area contributed by atoms with Gasteiger partial charge in [0, 0.05) is 13.0 Å². The number of carbonyl (C=O) groups excluding carboxylic acids is 3. The van der Waals surface area contributed by atoms with Gasteiger partial charge in [0.25, 0.3) is 0 Å². The molecule has 0 aliphatic carbocycles. The van der Waals surface area contributed by atoms with Crippen LogP contribution in [0.15, 0.2) is 4.99 Å². The van der Waals surface area contributed by atoms with Gasteiger partial charge in [-0.15, -0.1) is 4.99 Å². The Labute approximate surface area is 149 Å². The highest BCUT2D eigenvalue weighted by molar-refractivity contribution is 5.98. The number of amides is 2. The lowest BCUT2D eigenvalue weighted by Crippen LogP contribution is -2.44. The molecule has 0 fully saturated rings. The van der Waals surface area contributed by atoms with Gasteiger partial charge in [0.05, 0.1) is 0 Å². The van der Waals surface area contributed by atoms with Crippen LogP contribution in [0.2, 0.25) is 0 Å². The number of rotatable bonds is 6. The molecule has 0 aromatic carbocycles. The number of hydrogen-bond donors (Lipinski definition) is 2. The summed E-state index contributed by atoms with van der Waals surface area (Å²) in [7, 11) is 0. The minimum Gasteiger partial charge on any atom is -0.444 e. The minimum absolute atomic E-state index is 0.0288. The zero-order valence-electron chi connectivity index (χ0n) is 16.1. The molecule has 0 bridgehead atoms. The van der Waals surface area contributed by atoms with Gasteiger partial charge in [0.15, 0.2) is 0 Å². The van der Waals surface area contributed by atoms with E-state index in [-0.39, 0.29) is 5.96 Å². The summed E-state index contributed by atoms with van der Waals surface area (Å²) in [5, 5.41) is 5.29. The largest absolute Gasteiger partial charge is 0.444 e. The summed E-state index contributed by atoms with van der Waals surface area (Å²) in [6, 6.07) is 0. The van der Waals surface area contributed by atoms with Crippen molar-refractivity contribution in [2.24, 2.45) is 4.99 Å². The molecule has 0 aromatic rings. The van der Waals surface area contributed by atoms with Crippen LogP contribution in [-0.4, -0.2) is 42.2 Å². The lowest BCUT2D eigenvalue weighted by atomic mass is 10.2. The normalized spacial score (nSPS) is 12.3. The average molecular weight is 357 g/mol. The predicted octanol–water partition coefficient (Wildman–Crippen LogP) is 3.15. The first-order chi connectivity index (χ1) is 11.4. The Balaban J connectivity index is 4.72. The summed E-state index contributed by atoms with van der Waals surface area (Å²) in [5.74, 6) is -0.0288.